The van der Waals surface area contributed by atoms with E-state index >= 15 is 0 Å². The lowest BCUT2D eigenvalue weighted by Gasteiger charge is -2.33. The number of rotatable bonds is 4. The third kappa shape index (κ3) is 2.76. The summed E-state index contributed by atoms with van der Waals surface area (Å²) in [5.74, 6) is -0.285. The van der Waals surface area contributed by atoms with Crippen molar-refractivity contribution >= 4 is 15.9 Å². The van der Waals surface area contributed by atoms with Crippen molar-refractivity contribution < 1.29 is 14.2 Å². The molecule has 4 heteroatoms. The van der Waals surface area contributed by atoms with Crippen molar-refractivity contribution in [2.45, 2.75) is 43.8 Å². The van der Waals surface area contributed by atoms with Crippen LogP contribution in [0.2, 0.25) is 0 Å². The second-order valence-corrected chi connectivity index (χ2v) is 5.85. The fraction of sp³-hybridized carbons (Fsp3) is 0.571. The molecular weight excluding hydrogens is 299 g/mol. The average Bonchev–Trinajstić information content (AvgIpc) is 2.82. The molecule has 0 heterocycles. The molecule has 0 aliphatic heterocycles. The van der Waals surface area contributed by atoms with Gasteiger partial charge in [-0.3, -0.25) is 0 Å². The summed E-state index contributed by atoms with van der Waals surface area (Å²) in [5, 5.41) is 10.3. The second kappa shape index (κ2) is 5.68. The first-order chi connectivity index (χ1) is 8.57. The van der Waals surface area contributed by atoms with Crippen molar-refractivity contribution in [3.8, 4) is 0 Å². The topological polar surface area (TPSA) is 29.5 Å². The summed E-state index contributed by atoms with van der Waals surface area (Å²) in [4.78, 5) is 0. The van der Waals surface area contributed by atoms with Crippen molar-refractivity contribution in [1.29, 1.82) is 0 Å². The van der Waals surface area contributed by atoms with E-state index in [1.807, 2.05) is 0 Å². The summed E-state index contributed by atoms with van der Waals surface area (Å²) < 4.78 is 20.0. The van der Waals surface area contributed by atoms with Crippen molar-refractivity contribution in [1.82, 2.24) is 0 Å². The van der Waals surface area contributed by atoms with Gasteiger partial charge in [-0.1, -0.05) is 34.8 Å². The van der Waals surface area contributed by atoms with Gasteiger partial charge in [-0.2, -0.15) is 0 Å². The number of hydrogen-bond donors (Lipinski definition) is 1. The largest absolute Gasteiger partial charge is 0.390 e. The minimum absolute atomic E-state index is 0.285. The Balaban J connectivity index is 2.12. The highest BCUT2D eigenvalue weighted by Gasteiger charge is 2.40. The molecule has 18 heavy (non-hydrogen) atoms. The number of hydrogen-bond acceptors (Lipinski definition) is 2. The summed E-state index contributed by atoms with van der Waals surface area (Å²) in [7, 11) is 1.63. The molecule has 1 N–H and O–H groups in total. The highest BCUT2D eigenvalue weighted by atomic mass is 79.9. The molecule has 100 valence electrons. The third-order valence-corrected chi connectivity index (χ3v) is 4.39. The van der Waals surface area contributed by atoms with Gasteiger partial charge in [0.1, 0.15) is 5.82 Å². The summed E-state index contributed by atoms with van der Waals surface area (Å²) in [6, 6.07) is 4.93. The molecule has 0 radical (unpaired) electrons. The Labute approximate surface area is 115 Å². The molecule has 0 spiro atoms. The molecule has 2 rings (SSSR count). The number of halogens is 2. The molecular formula is C14H18BrFO2. The zero-order valence-electron chi connectivity index (χ0n) is 10.5. The number of methoxy groups -OCH3 is 1. The molecule has 0 aromatic heterocycles. The fourth-order valence-corrected chi connectivity index (χ4v) is 3.06. The van der Waals surface area contributed by atoms with E-state index in [1.54, 1.807) is 19.2 Å². The summed E-state index contributed by atoms with van der Waals surface area (Å²) in [6.45, 7) is 0. The van der Waals surface area contributed by atoms with E-state index in [9.17, 15) is 9.50 Å². The van der Waals surface area contributed by atoms with Gasteiger partial charge in [0, 0.05) is 18.0 Å². The monoisotopic (exact) mass is 316 g/mol. The predicted octanol–water partition coefficient (Wildman–Crippen LogP) is 3.45. The van der Waals surface area contributed by atoms with Crippen LogP contribution in [0, 0.1) is 5.82 Å². The SMILES string of the molecule is COC1(C(O)Cc2ccc(Br)cc2F)CCCC1. The van der Waals surface area contributed by atoms with Gasteiger partial charge in [-0.05, 0) is 30.5 Å². The summed E-state index contributed by atoms with van der Waals surface area (Å²) in [6.07, 6.45) is 3.47. The maximum atomic E-state index is 13.7. The Hall–Kier alpha value is -0.450. The van der Waals surface area contributed by atoms with Crippen LogP contribution >= 0.6 is 15.9 Å². The quantitative estimate of drug-likeness (QED) is 0.922. The normalized spacial score (nSPS) is 20.0. The zero-order valence-corrected chi connectivity index (χ0v) is 12.0. The smallest absolute Gasteiger partial charge is 0.127 e. The lowest BCUT2D eigenvalue weighted by Crippen LogP contribution is -2.43. The first-order valence-electron chi connectivity index (χ1n) is 6.24. The van der Waals surface area contributed by atoms with E-state index in [0.29, 0.717) is 16.5 Å². The Morgan fingerprint density at radius 2 is 2.11 bits per heavy atom. The average molecular weight is 317 g/mol. The molecule has 1 saturated carbocycles. The highest BCUT2D eigenvalue weighted by molar-refractivity contribution is 9.10. The third-order valence-electron chi connectivity index (χ3n) is 3.89. The first-order valence-corrected chi connectivity index (χ1v) is 7.04. The van der Waals surface area contributed by atoms with Crippen LogP contribution in [-0.2, 0) is 11.2 Å². The summed E-state index contributed by atoms with van der Waals surface area (Å²) >= 11 is 3.23. The molecule has 1 aliphatic rings. The van der Waals surface area contributed by atoms with E-state index in [1.165, 1.54) is 6.07 Å². The Morgan fingerprint density at radius 3 is 2.67 bits per heavy atom. The Kier molecular flexibility index (Phi) is 4.41. The van der Waals surface area contributed by atoms with Crippen LogP contribution in [0.5, 0.6) is 0 Å². The van der Waals surface area contributed by atoms with Crippen LogP contribution in [0.25, 0.3) is 0 Å². The van der Waals surface area contributed by atoms with Crippen LogP contribution in [0.1, 0.15) is 31.2 Å². The fourth-order valence-electron chi connectivity index (χ4n) is 2.73. The Bertz CT molecular complexity index is 416. The molecule has 0 bridgehead atoms. The van der Waals surface area contributed by atoms with Gasteiger partial charge >= 0.3 is 0 Å². The van der Waals surface area contributed by atoms with Crippen LogP contribution < -0.4 is 0 Å². The molecule has 1 aromatic carbocycles. The number of ether oxygens (including phenoxy) is 1. The molecule has 2 nitrogen and oxygen atoms in total. The van der Waals surface area contributed by atoms with Crippen molar-refractivity contribution in [3.05, 3.63) is 34.1 Å². The van der Waals surface area contributed by atoms with E-state index in [0.717, 1.165) is 25.7 Å². The van der Waals surface area contributed by atoms with Gasteiger partial charge in [-0.15, -0.1) is 0 Å². The zero-order chi connectivity index (χ0) is 13.2. The van der Waals surface area contributed by atoms with E-state index in [-0.39, 0.29) is 5.82 Å². The first kappa shape index (κ1) is 14.0. The molecule has 1 atom stereocenters. The molecule has 0 saturated heterocycles. The predicted molar refractivity (Wildman–Crippen MR) is 72.0 cm³/mol. The van der Waals surface area contributed by atoms with Crippen LogP contribution in [0.15, 0.2) is 22.7 Å². The number of aliphatic hydroxyl groups is 1. The van der Waals surface area contributed by atoms with Crippen LogP contribution in [0.3, 0.4) is 0 Å². The maximum Gasteiger partial charge on any atom is 0.127 e. The number of benzene rings is 1. The van der Waals surface area contributed by atoms with Gasteiger partial charge in [0.15, 0.2) is 0 Å². The van der Waals surface area contributed by atoms with Gasteiger partial charge in [-0.25, -0.2) is 4.39 Å². The van der Waals surface area contributed by atoms with Gasteiger partial charge in [0.05, 0.1) is 11.7 Å². The van der Waals surface area contributed by atoms with E-state index in [4.69, 9.17) is 4.74 Å². The molecule has 0 amide bonds. The highest BCUT2D eigenvalue weighted by Crippen LogP contribution is 2.37. The summed E-state index contributed by atoms with van der Waals surface area (Å²) in [5.41, 5.74) is 0.0495. The maximum absolute atomic E-state index is 13.7. The van der Waals surface area contributed by atoms with Crippen molar-refractivity contribution in [2.24, 2.45) is 0 Å². The van der Waals surface area contributed by atoms with Crippen molar-refractivity contribution in [2.75, 3.05) is 7.11 Å². The molecule has 1 unspecified atom stereocenters. The van der Waals surface area contributed by atoms with Gasteiger partial charge < -0.3 is 9.84 Å². The molecule has 1 aliphatic carbocycles. The van der Waals surface area contributed by atoms with Crippen LogP contribution in [-0.4, -0.2) is 23.9 Å². The number of aliphatic hydroxyl groups excluding tert-OH is 1. The lowest BCUT2D eigenvalue weighted by atomic mass is 9.89. The lowest BCUT2D eigenvalue weighted by molar-refractivity contribution is -0.0973. The van der Waals surface area contributed by atoms with Crippen molar-refractivity contribution in [3.63, 3.8) is 0 Å². The van der Waals surface area contributed by atoms with Gasteiger partial charge in [0.2, 0.25) is 0 Å². The van der Waals surface area contributed by atoms with Crippen LogP contribution in [0.4, 0.5) is 4.39 Å². The van der Waals surface area contributed by atoms with Gasteiger partial charge in [0.25, 0.3) is 0 Å². The molecule has 1 fully saturated rings. The van der Waals surface area contributed by atoms with E-state index < -0.39 is 11.7 Å². The van der Waals surface area contributed by atoms with E-state index in [2.05, 4.69) is 15.9 Å². The standard InChI is InChI=1S/C14H18BrFO2/c1-18-14(6-2-3-7-14)13(17)8-10-4-5-11(15)9-12(10)16/h4-5,9,13,17H,2-3,6-8H2,1H3. The Morgan fingerprint density at radius 1 is 1.44 bits per heavy atom. The second-order valence-electron chi connectivity index (χ2n) is 4.93. The minimum Gasteiger partial charge on any atom is -0.390 e. The minimum atomic E-state index is -0.652. The molecule has 1 aromatic rings.